The summed E-state index contributed by atoms with van der Waals surface area (Å²) in [5.41, 5.74) is 2.08. The summed E-state index contributed by atoms with van der Waals surface area (Å²) >= 11 is 0. The van der Waals surface area contributed by atoms with Gasteiger partial charge in [-0.15, -0.1) is 10.2 Å². The van der Waals surface area contributed by atoms with Crippen molar-refractivity contribution in [3.63, 3.8) is 0 Å². The zero-order valence-corrected chi connectivity index (χ0v) is 14.8. The van der Waals surface area contributed by atoms with Gasteiger partial charge in [0.1, 0.15) is 0 Å². The van der Waals surface area contributed by atoms with Crippen LogP contribution >= 0.6 is 0 Å². The summed E-state index contributed by atoms with van der Waals surface area (Å²) in [6, 6.07) is 11.7. The van der Waals surface area contributed by atoms with Gasteiger partial charge >= 0.3 is 0 Å². The van der Waals surface area contributed by atoms with Gasteiger partial charge in [0.05, 0.1) is 0 Å². The fourth-order valence-electron chi connectivity index (χ4n) is 3.05. The second-order valence-electron chi connectivity index (χ2n) is 6.69. The first kappa shape index (κ1) is 17.2. The third-order valence-electron chi connectivity index (χ3n) is 4.55. The van der Waals surface area contributed by atoms with Crippen molar-refractivity contribution in [2.75, 3.05) is 29.6 Å². The van der Waals surface area contributed by atoms with Crippen LogP contribution in [0, 0.1) is 5.92 Å². The molecule has 6 heteroatoms. The first-order chi connectivity index (χ1) is 12.1. The molecule has 2 N–H and O–H groups in total. The van der Waals surface area contributed by atoms with Crippen molar-refractivity contribution in [1.29, 1.82) is 0 Å². The Balaban J connectivity index is 1.57. The average molecular weight is 339 g/mol. The Bertz CT molecular complexity index is 691. The van der Waals surface area contributed by atoms with E-state index in [0.29, 0.717) is 11.6 Å². The largest absolute Gasteiger partial charge is 0.378 e. The number of nitrogens with zero attached hydrogens (tertiary/aromatic N) is 3. The maximum atomic E-state index is 12.2. The molecule has 0 atom stereocenters. The molecule has 0 spiro atoms. The van der Waals surface area contributed by atoms with E-state index in [1.807, 2.05) is 49.3 Å². The summed E-state index contributed by atoms with van der Waals surface area (Å²) in [6.45, 7) is 0. The molecule has 0 radical (unpaired) electrons. The highest BCUT2D eigenvalue weighted by Crippen LogP contribution is 2.25. The minimum absolute atomic E-state index is 0.0639. The van der Waals surface area contributed by atoms with Crippen LogP contribution in [0.25, 0.3) is 0 Å². The van der Waals surface area contributed by atoms with Crippen molar-refractivity contribution >= 4 is 28.9 Å². The Hall–Kier alpha value is -2.63. The second-order valence-corrected chi connectivity index (χ2v) is 6.69. The molecule has 1 aromatic carbocycles. The van der Waals surface area contributed by atoms with Crippen LogP contribution in [0.1, 0.15) is 32.1 Å². The summed E-state index contributed by atoms with van der Waals surface area (Å²) < 4.78 is 0. The van der Waals surface area contributed by atoms with Gasteiger partial charge in [-0.1, -0.05) is 19.3 Å². The highest BCUT2D eigenvalue weighted by molar-refractivity contribution is 5.91. The molecule has 1 aliphatic carbocycles. The molecular weight excluding hydrogens is 314 g/mol. The summed E-state index contributed by atoms with van der Waals surface area (Å²) in [7, 11) is 4.02. The van der Waals surface area contributed by atoms with E-state index in [0.717, 1.165) is 37.1 Å². The SMILES string of the molecule is CN(C)c1ccc(Nc2ccc(NC(=O)C3CCCCC3)nn2)cc1. The molecule has 1 fully saturated rings. The van der Waals surface area contributed by atoms with Crippen molar-refractivity contribution in [3.05, 3.63) is 36.4 Å². The van der Waals surface area contributed by atoms with E-state index >= 15 is 0 Å². The Morgan fingerprint density at radius 1 is 0.960 bits per heavy atom. The van der Waals surface area contributed by atoms with Gasteiger partial charge in [-0.25, -0.2) is 0 Å². The van der Waals surface area contributed by atoms with Crippen LogP contribution in [0.2, 0.25) is 0 Å². The average Bonchev–Trinajstić information content (AvgIpc) is 2.64. The quantitative estimate of drug-likeness (QED) is 0.867. The van der Waals surface area contributed by atoms with Gasteiger partial charge in [-0.3, -0.25) is 4.79 Å². The molecule has 1 aromatic heterocycles. The normalized spacial score (nSPS) is 14.8. The van der Waals surface area contributed by atoms with Gasteiger partial charge in [0.15, 0.2) is 11.6 Å². The Morgan fingerprint density at radius 2 is 1.60 bits per heavy atom. The maximum Gasteiger partial charge on any atom is 0.228 e. The van der Waals surface area contributed by atoms with Crippen LogP contribution in [0.15, 0.2) is 36.4 Å². The standard InChI is InChI=1S/C19H25N5O/c1-24(2)16-10-8-15(9-11-16)20-17-12-13-18(23-22-17)21-19(25)14-6-4-3-5-7-14/h8-14H,3-7H2,1-2H3,(H,20,22)(H,21,23,25). The molecule has 1 heterocycles. The maximum absolute atomic E-state index is 12.2. The van der Waals surface area contributed by atoms with Gasteiger partial charge in [-0.05, 0) is 49.2 Å². The first-order valence-corrected chi connectivity index (χ1v) is 8.81. The van der Waals surface area contributed by atoms with E-state index in [2.05, 4.69) is 20.8 Å². The van der Waals surface area contributed by atoms with Crippen LogP contribution in [-0.2, 0) is 4.79 Å². The molecular formula is C19H25N5O. The lowest BCUT2D eigenvalue weighted by Crippen LogP contribution is -2.25. The summed E-state index contributed by atoms with van der Waals surface area (Å²) in [5, 5.41) is 14.3. The van der Waals surface area contributed by atoms with E-state index in [4.69, 9.17) is 0 Å². The van der Waals surface area contributed by atoms with Crippen molar-refractivity contribution in [1.82, 2.24) is 10.2 Å². The number of hydrogen-bond donors (Lipinski definition) is 2. The fraction of sp³-hybridized carbons (Fsp3) is 0.421. The van der Waals surface area contributed by atoms with E-state index < -0.39 is 0 Å². The van der Waals surface area contributed by atoms with E-state index in [9.17, 15) is 4.79 Å². The van der Waals surface area contributed by atoms with E-state index in [1.165, 1.54) is 6.42 Å². The van der Waals surface area contributed by atoms with Crippen molar-refractivity contribution < 1.29 is 4.79 Å². The highest BCUT2D eigenvalue weighted by Gasteiger charge is 2.21. The molecule has 6 nitrogen and oxygen atoms in total. The van der Waals surface area contributed by atoms with Gasteiger partial charge in [0.2, 0.25) is 5.91 Å². The summed E-state index contributed by atoms with van der Waals surface area (Å²) in [4.78, 5) is 14.3. The zero-order valence-electron chi connectivity index (χ0n) is 14.8. The third kappa shape index (κ3) is 4.68. The number of anilines is 4. The first-order valence-electron chi connectivity index (χ1n) is 8.81. The molecule has 132 valence electrons. The molecule has 2 aromatic rings. The van der Waals surface area contributed by atoms with E-state index in [1.54, 1.807) is 6.07 Å². The zero-order chi connectivity index (χ0) is 17.6. The Kier molecular flexibility index (Phi) is 5.48. The molecule has 1 aliphatic rings. The minimum Gasteiger partial charge on any atom is -0.378 e. The van der Waals surface area contributed by atoms with E-state index in [-0.39, 0.29) is 11.8 Å². The van der Waals surface area contributed by atoms with Crippen LogP contribution in [-0.4, -0.2) is 30.2 Å². The number of carbonyl (C=O) groups excluding carboxylic acids is 1. The lowest BCUT2D eigenvalue weighted by molar-refractivity contribution is -0.120. The monoisotopic (exact) mass is 339 g/mol. The van der Waals surface area contributed by atoms with Crippen LogP contribution in [0.3, 0.4) is 0 Å². The summed E-state index contributed by atoms with van der Waals surface area (Å²) in [6.07, 6.45) is 5.46. The van der Waals surface area contributed by atoms with Crippen molar-refractivity contribution in [2.24, 2.45) is 5.92 Å². The van der Waals surface area contributed by atoms with Gasteiger partial charge < -0.3 is 15.5 Å². The number of carbonyl (C=O) groups is 1. The molecule has 0 unspecified atom stereocenters. The van der Waals surface area contributed by atoms with Crippen LogP contribution < -0.4 is 15.5 Å². The predicted octanol–water partition coefficient (Wildman–Crippen LogP) is 3.81. The fourth-order valence-corrected chi connectivity index (χ4v) is 3.05. The number of hydrogen-bond acceptors (Lipinski definition) is 5. The number of rotatable bonds is 5. The number of aromatic nitrogens is 2. The smallest absolute Gasteiger partial charge is 0.228 e. The topological polar surface area (TPSA) is 70.2 Å². The number of amides is 1. The molecule has 25 heavy (non-hydrogen) atoms. The number of benzene rings is 1. The molecule has 1 saturated carbocycles. The third-order valence-corrected chi connectivity index (χ3v) is 4.55. The Morgan fingerprint density at radius 3 is 2.20 bits per heavy atom. The van der Waals surface area contributed by atoms with Gasteiger partial charge in [0, 0.05) is 31.4 Å². The molecule has 3 rings (SSSR count). The predicted molar refractivity (Wildman–Crippen MR) is 101 cm³/mol. The second kappa shape index (κ2) is 7.96. The lowest BCUT2D eigenvalue weighted by atomic mass is 9.89. The van der Waals surface area contributed by atoms with Crippen LogP contribution in [0.4, 0.5) is 23.0 Å². The molecule has 0 saturated heterocycles. The summed E-state index contributed by atoms with van der Waals surface area (Å²) in [5.74, 6) is 1.33. The van der Waals surface area contributed by atoms with Crippen molar-refractivity contribution in [2.45, 2.75) is 32.1 Å². The van der Waals surface area contributed by atoms with Crippen LogP contribution in [0.5, 0.6) is 0 Å². The van der Waals surface area contributed by atoms with Gasteiger partial charge in [0.25, 0.3) is 0 Å². The molecule has 0 bridgehead atoms. The molecule has 0 aliphatic heterocycles. The number of nitrogens with one attached hydrogen (secondary N) is 2. The highest BCUT2D eigenvalue weighted by atomic mass is 16.1. The lowest BCUT2D eigenvalue weighted by Gasteiger charge is -2.20. The Labute approximate surface area is 148 Å². The van der Waals surface area contributed by atoms with Gasteiger partial charge in [-0.2, -0.15) is 0 Å². The minimum atomic E-state index is 0.0639. The van der Waals surface area contributed by atoms with Crippen molar-refractivity contribution in [3.8, 4) is 0 Å². The molecule has 1 amide bonds.